The number of allylic oxidation sites excluding steroid dienone is 1. The normalized spacial score (nSPS) is 14.3. The average Bonchev–Trinajstić information content (AvgIpc) is 3.09. The van der Waals surface area contributed by atoms with Gasteiger partial charge in [0.2, 0.25) is 5.91 Å². The van der Waals surface area contributed by atoms with Gasteiger partial charge in [0, 0.05) is 13.0 Å². The Morgan fingerprint density at radius 1 is 0.653 bits per heavy atom. The van der Waals surface area contributed by atoms with Crippen molar-refractivity contribution in [3.63, 3.8) is 0 Å². The first-order valence-corrected chi connectivity index (χ1v) is 22.3. The highest BCUT2D eigenvalue weighted by Gasteiger charge is 2.26. The molecule has 8 nitrogen and oxygen atoms in total. The second-order valence-electron chi connectivity index (χ2n) is 14.2. The third-order valence-electron chi connectivity index (χ3n) is 9.36. The van der Waals surface area contributed by atoms with E-state index < -0.39 is 20.0 Å². The zero-order valence-electron chi connectivity index (χ0n) is 32.2. The molecule has 0 saturated heterocycles. The highest BCUT2D eigenvalue weighted by molar-refractivity contribution is 7.47. The molecule has 9 heteroatoms. The van der Waals surface area contributed by atoms with Gasteiger partial charge in [0.05, 0.1) is 25.4 Å². The fraction of sp³-hybridized carbons (Fsp3) is 0.925. The summed E-state index contributed by atoms with van der Waals surface area (Å²) in [5.74, 6) is -0.195. The SMILES string of the molecule is CCCCCCCCCCCCCCCCCCCC/C=C/C(O)C(COP(=O)(O)OCCN)NC(=O)CCCCCCCCCCCC. The molecule has 0 aliphatic carbocycles. The van der Waals surface area contributed by atoms with E-state index in [-0.39, 0.29) is 25.7 Å². The molecule has 0 heterocycles. The Kier molecular flexibility index (Phi) is 36.4. The number of phosphoric ester groups is 1. The summed E-state index contributed by atoms with van der Waals surface area (Å²) in [5.41, 5.74) is 5.36. The number of nitrogens with one attached hydrogen (secondary N) is 1. The van der Waals surface area contributed by atoms with Gasteiger partial charge in [-0.15, -0.1) is 0 Å². The van der Waals surface area contributed by atoms with E-state index in [1.165, 1.54) is 148 Å². The molecule has 49 heavy (non-hydrogen) atoms. The minimum atomic E-state index is -4.33. The molecule has 0 rings (SSSR count). The molecule has 0 radical (unpaired) electrons. The summed E-state index contributed by atoms with van der Waals surface area (Å²) in [6.07, 6.45) is 39.8. The van der Waals surface area contributed by atoms with Crippen molar-refractivity contribution in [1.82, 2.24) is 5.32 Å². The third-order valence-corrected chi connectivity index (χ3v) is 10.3. The lowest BCUT2D eigenvalue weighted by atomic mass is 10.0. The Bertz CT molecular complexity index is 784. The Morgan fingerprint density at radius 3 is 1.45 bits per heavy atom. The van der Waals surface area contributed by atoms with Crippen molar-refractivity contribution in [2.75, 3.05) is 19.8 Å². The van der Waals surface area contributed by atoms with Gasteiger partial charge >= 0.3 is 7.82 Å². The van der Waals surface area contributed by atoms with E-state index in [2.05, 4.69) is 19.2 Å². The maximum absolute atomic E-state index is 12.7. The molecule has 292 valence electrons. The van der Waals surface area contributed by atoms with Crippen LogP contribution in [-0.4, -0.2) is 47.8 Å². The zero-order chi connectivity index (χ0) is 36.1. The van der Waals surface area contributed by atoms with E-state index in [0.29, 0.717) is 6.42 Å². The summed E-state index contributed by atoms with van der Waals surface area (Å²) in [6.45, 7) is 4.13. The van der Waals surface area contributed by atoms with Crippen LogP contribution in [0.1, 0.15) is 206 Å². The van der Waals surface area contributed by atoms with Crippen molar-refractivity contribution in [1.29, 1.82) is 0 Å². The lowest BCUT2D eigenvalue weighted by Gasteiger charge is -2.23. The van der Waals surface area contributed by atoms with Crippen LogP contribution >= 0.6 is 7.82 Å². The average molecular weight is 717 g/mol. The fourth-order valence-corrected chi connectivity index (χ4v) is 6.95. The van der Waals surface area contributed by atoms with E-state index in [4.69, 9.17) is 14.8 Å². The van der Waals surface area contributed by atoms with Gasteiger partial charge < -0.3 is 21.1 Å². The maximum Gasteiger partial charge on any atom is 0.472 e. The predicted molar refractivity (Wildman–Crippen MR) is 208 cm³/mol. The van der Waals surface area contributed by atoms with Crippen LogP contribution in [0, 0.1) is 0 Å². The smallest absolute Gasteiger partial charge is 0.387 e. The second kappa shape index (κ2) is 37.0. The number of aliphatic hydroxyl groups is 1. The minimum Gasteiger partial charge on any atom is -0.387 e. The minimum absolute atomic E-state index is 0.0811. The quantitative estimate of drug-likeness (QED) is 0.0283. The molecular formula is C40H81N2O6P. The second-order valence-corrected chi connectivity index (χ2v) is 15.7. The maximum atomic E-state index is 12.7. The van der Waals surface area contributed by atoms with Crippen LogP contribution < -0.4 is 11.1 Å². The molecular weight excluding hydrogens is 635 g/mol. The lowest BCUT2D eigenvalue weighted by molar-refractivity contribution is -0.123. The molecule has 1 amide bonds. The highest BCUT2D eigenvalue weighted by atomic mass is 31.2. The van der Waals surface area contributed by atoms with Gasteiger partial charge in [0.1, 0.15) is 0 Å². The number of aliphatic hydroxyl groups excluding tert-OH is 1. The molecule has 0 saturated carbocycles. The van der Waals surface area contributed by atoms with Crippen molar-refractivity contribution in [2.45, 2.75) is 219 Å². The topological polar surface area (TPSA) is 131 Å². The van der Waals surface area contributed by atoms with Crippen molar-refractivity contribution in [2.24, 2.45) is 5.73 Å². The number of phosphoric acid groups is 1. The van der Waals surface area contributed by atoms with Crippen molar-refractivity contribution in [3.8, 4) is 0 Å². The van der Waals surface area contributed by atoms with Crippen LogP contribution in [0.3, 0.4) is 0 Å². The van der Waals surface area contributed by atoms with E-state index in [9.17, 15) is 19.4 Å². The van der Waals surface area contributed by atoms with Gasteiger partial charge in [0.15, 0.2) is 0 Å². The van der Waals surface area contributed by atoms with Gasteiger partial charge in [-0.1, -0.05) is 193 Å². The van der Waals surface area contributed by atoms with Crippen LogP contribution in [0.5, 0.6) is 0 Å². The van der Waals surface area contributed by atoms with Crippen LogP contribution in [-0.2, 0) is 18.4 Å². The third kappa shape index (κ3) is 35.4. The molecule has 0 bridgehead atoms. The first-order valence-electron chi connectivity index (χ1n) is 20.8. The van der Waals surface area contributed by atoms with Crippen molar-refractivity contribution in [3.05, 3.63) is 12.2 Å². The van der Waals surface area contributed by atoms with Crippen LogP contribution in [0.25, 0.3) is 0 Å². The fourth-order valence-electron chi connectivity index (χ4n) is 6.19. The summed E-state index contributed by atoms with van der Waals surface area (Å²) in [5, 5.41) is 13.6. The molecule has 0 aromatic carbocycles. The van der Waals surface area contributed by atoms with E-state index in [1.807, 2.05) is 6.08 Å². The van der Waals surface area contributed by atoms with Gasteiger partial charge in [-0.2, -0.15) is 0 Å². The molecule has 0 spiro atoms. The van der Waals surface area contributed by atoms with Crippen LogP contribution in [0.15, 0.2) is 12.2 Å². The Labute approximate surface area is 303 Å². The van der Waals surface area contributed by atoms with E-state index in [1.54, 1.807) is 6.08 Å². The number of nitrogens with two attached hydrogens (primary N) is 1. The van der Waals surface area contributed by atoms with Crippen molar-refractivity contribution < 1.29 is 28.4 Å². The van der Waals surface area contributed by atoms with Gasteiger partial charge in [-0.3, -0.25) is 13.8 Å². The van der Waals surface area contributed by atoms with Gasteiger partial charge in [-0.25, -0.2) is 4.57 Å². The molecule has 3 atom stereocenters. The first kappa shape index (κ1) is 48.2. The molecule has 0 fully saturated rings. The Hall–Kier alpha value is -0.760. The summed E-state index contributed by atoms with van der Waals surface area (Å²) >= 11 is 0. The summed E-state index contributed by atoms with van der Waals surface area (Å²) in [6, 6.07) is -0.853. The van der Waals surface area contributed by atoms with Crippen LogP contribution in [0.2, 0.25) is 0 Å². The number of hydrogen-bond donors (Lipinski definition) is 4. The van der Waals surface area contributed by atoms with Crippen molar-refractivity contribution >= 4 is 13.7 Å². The first-order chi connectivity index (χ1) is 23.9. The summed E-state index contributed by atoms with van der Waals surface area (Å²) in [4.78, 5) is 22.6. The van der Waals surface area contributed by atoms with Gasteiger partial charge in [-0.05, 0) is 19.3 Å². The Balaban J connectivity index is 4.16. The zero-order valence-corrected chi connectivity index (χ0v) is 33.1. The van der Waals surface area contributed by atoms with Crippen LogP contribution in [0.4, 0.5) is 0 Å². The number of carbonyl (C=O) groups is 1. The largest absolute Gasteiger partial charge is 0.472 e. The number of hydrogen-bond acceptors (Lipinski definition) is 6. The monoisotopic (exact) mass is 717 g/mol. The van der Waals surface area contributed by atoms with E-state index >= 15 is 0 Å². The number of amides is 1. The molecule has 0 aromatic rings. The highest BCUT2D eigenvalue weighted by Crippen LogP contribution is 2.43. The summed E-state index contributed by atoms with van der Waals surface area (Å²) in [7, 11) is -4.33. The lowest BCUT2D eigenvalue weighted by Crippen LogP contribution is -2.45. The summed E-state index contributed by atoms with van der Waals surface area (Å²) < 4.78 is 22.1. The predicted octanol–water partition coefficient (Wildman–Crippen LogP) is 11.2. The van der Waals surface area contributed by atoms with E-state index in [0.717, 1.165) is 38.5 Å². The molecule has 0 aromatic heterocycles. The molecule has 5 N–H and O–H groups in total. The number of carbonyl (C=O) groups excluding carboxylic acids is 1. The number of rotatable bonds is 39. The Morgan fingerprint density at radius 2 is 1.04 bits per heavy atom. The number of unbranched alkanes of at least 4 members (excludes halogenated alkanes) is 27. The standard InChI is InChI=1S/C40H81N2O6P/c1-3-5-7-9-11-13-15-16-17-18-19-20-21-22-23-24-25-27-29-31-33-39(43)38(37-48-49(45,46)47-36-35-41)42-40(44)34-32-30-28-26-14-12-10-8-6-4-2/h31,33,38-39,43H,3-30,32,34-37,41H2,1-2H3,(H,42,44)(H,45,46)/b33-31+. The molecule has 0 aliphatic rings. The molecule has 3 unspecified atom stereocenters. The van der Waals surface area contributed by atoms with Gasteiger partial charge in [0.25, 0.3) is 0 Å². The molecule has 0 aliphatic heterocycles.